The van der Waals surface area contributed by atoms with Crippen molar-refractivity contribution in [3.8, 4) is 0 Å². The Kier molecular flexibility index (Phi) is 4.40. The lowest BCUT2D eigenvalue weighted by molar-refractivity contribution is -0.122. The van der Waals surface area contributed by atoms with Gasteiger partial charge in [-0.25, -0.2) is 0 Å². The second kappa shape index (κ2) is 5.85. The zero-order chi connectivity index (χ0) is 13.1. The number of hydrogen-bond acceptors (Lipinski definition) is 3. The Balaban J connectivity index is 1.76. The first-order chi connectivity index (χ1) is 8.61. The van der Waals surface area contributed by atoms with Gasteiger partial charge in [-0.3, -0.25) is 4.79 Å². The third kappa shape index (κ3) is 3.33. The molecule has 1 aromatic heterocycles. The minimum absolute atomic E-state index is 0.0983. The summed E-state index contributed by atoms with van der Waals surface area (Å²) in [6.45, 7) is 4.51. The molecule has 3 atom stereocenters. The summed E-state index contributed by atoms with van der Waals surface area (Å²) in [4.78, 5) is 14.5. The van der Waals surface area contributed by atoms with Gasteiger partial charge in [0.25, 0.3) is 0 Å². The van der Waals surface area contributed by atoms with Crippen LogP contribution in [0.15, 0.2) is 12.1 Å². The van der Waals surface area contributed by atoms with Gasteiger partial charge in [-0.15, -0.1) is 11.3 Å². The summed E-state index contributed by atoms with van der Waals surface area (Å²) < 4.78 is 0. The predicted molar refractivity (Wildman–Crippen MR) is 73.8 cm³/mol. The summed E-state index contributed by atoms with van der Waals surface area (Å²) in [7, 11) is 0. The van der Waals surface area contributed by atoms with Gasteiger partial charge in [-0.2, -0.15) is 0 Å². The van der Waals surface area contributed by atoms with Gasteiger partial charge in [0.2, 0.25) is 5.91 Å². The Labute approximate surface area is 112 Å². The van der Waals surface area contributed by atoms with Crippen LogP contribution < -0.4 is 5.32 Å². The van der Waals surface area contributed by atoms with Crippen molar-refractivity contribution in [1.29, 1.82) is 0 Å². The van der Waals surface area contributed by atoms with Crippen LogP contribution >= 0.6 is 11.3 Å². The fraction of sp³-hybridized carbons (Fsp3) is 0.643. The number of aryl methyl sites for hydroxylation is 1. The zero-order valence-electron chi connectivity index (χ0n) is 11.0. The second-order valence-corrected chi connectivity index (χ2v) is 6.40. The van der Waals surface area contributed by atoms with Crippen LogP contribution in [0.3, 0.4) is 0 Å². The lowest BCUT2D eigenvalue weighted by atomic mass is 10.2. The SMILES string of the molecule is CCCC(O)CNC(=O)C1CC1c1ccc(C)s1. The van der Waals surface area contributed by atoms with Crippen LogP contribution in [-0.4, -0.2) is 23.7 Å². The molecule has 0 radical (unpaired) electrons. The van der Waals surface area contributed by atoms with Crippen LogP contribution in [0.5, 0.6) is 0 Å². The largest absolute Gasteiger partial charge is 0.391 e. The Morgan fingerprint density at radius 3 is 3.00 bits per heavy atom. The highest BCUT2D eigenvalue weighted by Crippen LogP contribution is 2.49. The van der Waals surface area contributed by atoms with Crippen molar-refractivity contribution in [2.75, 3.05) is 6.54 Å². The molecule has 0 saturated heterocycles. The Bertz CT molecular complexity index is 416. The monoisotopic (exact) mass is 267 g/mol. The molecule has 0 aliphatic heterocycles. The average Bonchev–Trinajstić information content (AvgIpc) is 3.03. The summed E-state index contributed by atoms with van der Waals surface area (Å²) in [5.74, 6) is 0.630. The maximum absolute atomic E-state index is 11.9. The Morgan fingerprint density at radius 1 is 1.61 bits per heavy atom. The van der Waals surface area contributed by atoms with Crippen molar-refractivity contribution >= 4 is 17.2 Å². The number of aliphatic hydroxyl groups excluding tert-OH is 1. The summed E-state index contributed by atoms with van der Waals surface area (Å²) in [6.07, 6.45) is 2.24. The van der Waals surface area contributed by atoms with Crippen molar-refractivity contribution in [2.24, 2.45) is 5.92 Å². The lowest BCUT2D eigenvalue weighted by Crippen LogP contribution is -2.33. The number of carbonyl (C=O) groups excluding carboxylic acids is 1. The van der Waals surface area contributed by atoms with Crippen LogP contribution in [-0.2, 0) is 4.79 Å². The van der Waals surface area contributed by atoms with E-state index in [2.05, 4.69) is 24.4 Å². The molecule has 1 aliphatic carbocycles. The van der Waals surface area contributed by atoms with Gasteiger partial charge in [0, 0.05) is 28.1 Å². The molecule has 4 heteroatoms. The minimum Gasteiger partial charge on any atom is -0.391 e. The second-order valence-electron chi connectivity index (χ2n) is 5.08. The number of aliphatic hydroxyl groups is 1. The normalized spacial score (nSPS) is 23.7. The first-order valence-corrected chi connectivity index (χ1v) is 7.45. The Hall–Kier alpha value is -0.870. The molecule has 1 aromatic rings. The molecule has 0 aromatic carbocycles. The first kappa shape index (κ1) is 13.6. The van der Waals surface area contributed by atoms with Gasteiger partial charge in [-0.1, -0.05) is 13.3 Å². The maximum atomic E-state index is 11.9. The van der Waals surface area contributed by atoms with Gasteiger partial charge >= 0.3 is 0 Å². The van der Waals surface area contributed by atoms with E-state index in [1.165, 1.54) is 9.75 Å². The van der Waals surface area contributed by atoms with E-state index >= 15 is 0 Å². The molecular weight excluding hydrogens is 246 g/mol. The molecule has 1 saturated carbocycles. The molecule has 2 rings (SSSR count). The highest BCUT2D eigenvalue weighted by atomic mass is 32.1. The highest BCUT2D eigenvalue weighted by molar-refractivity contribution is 7.12. The lowest BCUT2D eigenvalue weighted by Gasteiger charge is -2.10. The van der Waals surface area contributed by atoms with E-state index < -0.39 is 6.10 Å². The van der Waals surface area contributed by atoms with E-state index in [1.54, 1.807) is 11.3 Å². The molecule has 1 aliphatic rings. The van der Waals surface area contributed by atoms with E-state index in [1.807, 2.05) is 6.92 Å². The molecule has 1 amide bonds. The van der Waals surface area contributed by atoms with E-state index in [0.29, 0.717) is 12.5 Å². The molecule has 3 nitrogen and oxygen atoms in total. The molecule has 3 unspecified atom stereocenters. The summed E-state index contributed by atoms with van der Waals surface area (Å²) >= 11 is 1.78. The summed E-state index contributed by atoms with van der Waals surface area (Å²) in [5.41, 5.74) is 0. The molecule has 2 N–H and O–H groups in total. The van der Waals surface area contributed by atoms with Crippen LogP contribution in [0, 0.1) is 12.8 Å². The number of carbonyl (C=O) groups is 1. The third-order valence-corrected chi connectivity index (χ3v) is 4.52. The molecule has 100 valence electrons. The van der Waals surface area contributed by atoms with E-state index in [-0.39, 0.29) is 11.8 Å². The smallest absolute Gasteiger partial charge is 0.223 e. The van der Waals surface area contributed by atoms with E-state index in [0.717, 1.165) is 19.3 Å². The van der Waals surface area contributed by atoms with Gasteiger partial charge in [0.15, 0.2) is 0 Å². The molecule has 1 heterocycles. The quantitative estimate of drug-likeness (QED) is 0.831. The minimum atomic E-state index is -0.403. The fourth-order valence-corrected chi connectivity index (χ4v) is 3.29. The number of hydrogen-bond donors (Lipinski definition) is 2. The maximum Gasteiger partial charge on any atom is 0.223 e. The number of nitrogens with one attached hydrogen (secondary N) is 1. The van der Waals surface area contributed by atoms with Crippen molar-refractivity contribution in [1.82, 2.24) is 5.32 Å². The average molecular weight is 267 g/mol. The van der Waals surface area contributed by atoms with E-state index in [9.17, 15) is 9.90 Å². The molecule has 0 bridgehead atoms. The van der Waals surface area contributed by atoms with Crippen LogP contribution in [0.4, 0.5) is 0 Å². The van der Waals surface area contributed by atoms with Crippen molar-refractivity contribution in [3.63, 3.8) is 0 Å². The summed E-state index contributed by atoms with van der Waals surface area (Å²) in [5, 5.41) is 12.4. The topological polar surface area (TPSA) is 49.3 Å². The van der Waals surface area contributed by atoms with E-state index in [4.69, 9.17) is 0 Å². The number of rotatable bonds is 6. The standard InChI is InChI=1S/C14H21NO2S/c1-3-4-10(16)8-15-14(17)12-7-11(12)13-6-5-9(2)18-13/h5-6,10-12,16H,3-4,7-8H2,1-2H3,(H,15,17). The summed E-state index contributed by atoms with van der Waals surface area (Å²) in [6, 6.07) is 4.24. The molecular formula is C14H21NO2S. The van der Waals surface area contributed by atoms with Crippen molar-refractivity contribution in [2.45, 2.75) is 45.1 Å². The van der Waals surface area contributed by atoms with Crippen molar-refractivity contribution in [3.05, 3.63) is 21.9 Å². The van der Waals surface area contributed by atoms with Gasteiger partial charge < -0.3 is 10.4 Å². The molecule has 18 heavy (non-hydrogen) atoms. The fourth-order valence-electron chi connectivity index (χ4n) is 2.24. The number of thiophene rings is 1. The number of amides is 1. The van der Waals surface area contributed by atoms with Gasteiger partial charge in [0.1, 0.15) is 0 Å². The predicted octanol–water partition coefficient (Wildman–Crippen LogP) is 2.44. The highest BCUT2D eigenvalue weighted by Gasteiger charge is 2.44. The molecule has 1 fully saturated rings. The first-order valence-electron chi connectivity index (χ1n) is 6.64. The Morgan fingerprint density at radius 2 is 2.39 bits per heavy atom. The zero-order valence-corrected chi connectivity index (χ0v) is 11.8. The van der Waals surface area contributed by atoms with Gasteiger partial charge in [-0.05, 0) is 31.9 Å². The van der Waals surface area contributed by atoms with Crippen LogP contribution in [0.25, 0.3) is 0 Å². The van der Waals surface area contributed by atoms with Crippen molar-refractivity contribution < 1.29 is 9.90 Å². The van der Waals surface area contributed by atoms with Gasteiger partial charge in [0.05, 0.1) is 6.10 Å². The molecule has 0 spiro atoms. The van der Waals surface area contributed by atoms with Crippen LogP contribution in [0.1, 0.15) is 41.9 Å². The van der Waals surface area contributed by atoms with Crippen LogP contribution in [0.2, 0.25) is 0 Å². The third-order valence-electron chi connectivity index (χ3n) is 3.39.